The zero-order valence-corrected chi connectivity index (χ0v) is 16.3. The van der Waals surface area contributed by atoms with Gasteiger partial charge in [0.15, 0.2) is 17.1 Å². The number of nitrogens with zero attached hydrogens (tertiary/aromatic N) is 3. The van der Waals surface area contributed by atoms with Crippen LogP contribution in [-0.4, -0.2) is 52.7 Å². The fourth-order valence-corrected chi connectivity index (χ4v) is 4.96. The molecule has 2 aliphatic heterocycles. The number of hydrogen-bond acceptors (Lipinski definition) is 5. The number of piperidine rings is 2. The highest BCUT2D eigenvalue weighted by Gasteiger charge is 2.46. The van der Waals surface area contributed by atoms with Gasteiger partial charge in [0.1, 0.15) is 0 Å². The number of carbonyl (C=O) groups is 2. The van der Waals surface area contributed by atoms with Gasteiger partial charge < -0.3 is 19.4 Å². The Bertz CT molecular complexity index is 937. The van der Waals surface area contributed by atoms with Crippen LogP contribution in [0.4, 0.5) is 5.82 Å². The molecule has 1 amide bonds. The van der Waals surface area contributed by atoms with E-state index in [1.807, 2.05) is 30.3 Å². The number of amides is 1. The van der Waals surface area contributed by atoms with E-state index < -0.39 is 5.97 Å². The minimum Gasteiger partial charge on any atom is -0.477 e. The maximum absolute atomic E-state index is 12.4. The molecule has 1 aliphatic carbocycles. The van der Waals surface area contributed by atoms with Gasteiger partial charge in [-0.15, -0.1) is 0 Å². The molecular weight excluding hydrogens is 370 g/mol. The summed E-state index contributed by atoms with van der Waals surface area (Å²) in [5.41, 5.74) is 0.842. The third kappa shape index (κ3) is 3.28. The Balaban J connectivity index is 1.45. The lowest BCUT2D eigenvalue weighted by atomic mass is 9.73. The van der Waals surface area contributed by atoms with Crippen molar-refractivity contribution in [3.05, 3.63) is 35.9 Å². The van der Waals surface area contributed by atoms with Gasteiger partial charge in [0.25, 0.3) is 0 Å². The van der Waals surface area contributed by atoms with Gasteiger partial charge in [0.2, 0.25) is 5.91 Å². The van der Waals surface area contributed by atoms with Gasteiger partial charge in [-0.05, 0) is 32.1 Å². The molecule has 3 fully saturated rings. The zero-order valence-electron chi connectivity index (χ0n) is 16.3. The van der Waals surface area contributed by atoms with E-state index in [1.165, 1.54) is 0 Å². The number of carbonyl (C=O) groups excluding carboxylic acids is 1. The van der Waals surface area contributed by atoms with Gasteiger partial charge in [-0.2, -0.15) is 0 Å². The van der Waals surface area contributed by atoms with Crippen molar-refractivity contribution in [3.63, 3.8) is 0 Å². The number of anilines is 1. The van der Waals surface area contributed by atoms with Crippen LogP contribution in [0.1, 0.15) is 48.9 Å². The Hall–Kier alpha value is -2.83. The molecule has 1 aromatic heterocycles. The molecule has 0 bridgehead atoms. The van der Waals surface area contributed by atoms with E-state index in [0.29, 0.717) is 36.1 Å². The number of carboxylic acid groups (broad SMARTS) is 1. The Labute approximate surface area is 169 Å². The van der Waals surface area contributed by atoms with Gasteiger partial charge in [0, 0.05) is 43.1 Å². The lowest BCUT2D eigenvalue weighted by Crippen LogP contribution is -2.54. The van der Waals surface area contributed by atoms with Crippen molar-refractivity contribution in [2.75, 3.05) is 24.5 Å². The van der Waals surface area contributed by atoms with Gasteiger partial charge >= 0.3 is 5.97 Å². The first kappa shape index (κ1) is 18.2. The van der Waals surface area contributed by atoms with E-state index in [1.54, 1.807) is 0 Å². The molecule has 29 heavy (non-hydrogen) atoms. The van der Waals surface area contributed by atoms with Gasteiger partial charge in [-0.1, -0.05) is 35.5 Å². The summed E-state index contributed by atoms with van der Waals surface area (Å²) in [6.07, 6.45) is 5.68. The van der Waals surface area contributed by atoms with Crippen LogP contribution in [0.2, 0.25) is 0 Å². The lowest BCUT2D eigenvalue weighted by Gasteiger charge is -2.48. The van der Waals surface area contributed by atoms with Crippen LogP contribution >= 0.6 is 0 Å². The van der Waals surface area contributed by atoms with E-state index in [9.17, 15) is 14.7 Å². The standard InChI is InChI=1S/C22H25N3O4/c26-17-9-11-22(14-25(17)16-7-8-16)10-4-12-24(13-22)20-18(21(27)28)19(29-23-20)15-5-2-1-3-6-15/h1-3,5-6,16H,4,7-14H2,(H,27,28). The smallest absolute Gasteiger partial charge is 0.343 e. The molecular formula is C22H25N3O4. The molecule has 3 aliphatic rings. The minimum absolute atomic E-state index is 0.0103. The predicted molar refractivity (Wildman–Crippen MR) is 107 cm³/mol. The van der Waals surface area contributed by atoms with Crippen LogP contribution in [0.25, 0.3) is 11.3 Å². The molecule has 1 unspecified atom stereocenters. The highest BCUT2D eigenvalue weighted by Crippen LogP contribution is 2.44. The summed E-state index contributed by atoms with van der Waals surface area (Å²) in [4.78, 5) is 28.6. The number of aromatic carboxylic acids is 1. The van der Waals surface area contributed by atoms with E-state index in [0.717, 1.165) is 45.2 Å². The van der Waals surface area contributed by atoms with E-state index in [2.05, 4.69) is 15.0 Å². The fraction of sp³-hybridized carbons (Fsp3) is 0.500. The second-order valence-corrected chi connectivity index (χ2v) is 8.66. The molecule has 152 valence electrons. The molecule has 1 spiro atoms. The number of hydrogen-bond donors (Lipinski definition) is 1. The van der Waals surface area contributed by atoms with E-state index in [-0.39, 0.29) is 16.9 Å². The molecule has 5 rings (SSSR count). The highest BCUT2D eigenvalue weighted by molar-refractivity contribution is 5.99. The Morgan fingerprint density at radius 2 is 1.97 bits per heavy atom. The molecule has 2 saturated heterocycles. The van der Waals surface area contributed by atoms with Crippen molar-refractivity contribution in [2.45, 2.75) is 44.6 Å². The van der Waals surface area contributed by atoms with Crippen molar-refractivity contribution in [1.29, 1.82) is 0 Å². The number of carboxylic acids is 1. The Morgan fingerprint density at radius 3 is 2.69 bits per heavy atom. The SMILES string of the molecule is O=C(O)c1c(N2CCCC3(CCC(=O)N(C4CC4)C3)C2)noc1-c1ccccc1. The second kappa shape index (κ2) is 6.90. The molecule has 1 N–H and O–H groups in total. The summed E-state index contributed by atoms with van der Waals surface area (Å²) in [7, 11) is 0. The summed E-state index contributed by atoms with van der Waals surface area (Å²) in [5.74, 6) is -0.0520. The van der Waals surface area contributed by atoms with Crippen LogP contribution in [0.3, 0.4) is 0 Å². The fourth-order valence-electron chi connectivity index (χ4n) is 4.96. The summed E-state index contributed by atoms with van der Waals surface area (Å²) < 4.78 is 5.52. The third-order valence-corrected chi connectivity index (χ3v) is 6.57. The second-order valence-electron chi connectivity index (χ2n) is 8.66. The van der Waals surface area contributed by atoms with Crippen molar-refractivity contribution >= 4 is 17.7 Å². The van der Waals surface area contributed by atoms with E-state index >= 15 is 0 Å². The highest BCUT2D eigenvalue weighted by atomic mass is 16.5. The Morgan fingerprint density at radius 1 is 1.17 bits per heavy atom. The van der Waals surface area contributed by atoms with Crippen molar-refractivity contribution < 1.29 is 19.2 Å². The summed E-state index contributed by atoms with van der Waals surface area (Å²) in [5, 5.41) is 14.1. The predicted octanol–water partition coefficient (Wildman–Crippen LogP) is 3.41. The number of aromatic nitrogens is 1. The Kier molecular flexibility index (Phi) is 4.33. The summed E-state index contributed by atoms with van der Waals surface area (Å²) in [6, 6.07) is 9.66. The number of rotatable bonds is 4. The van der Waals surface area contributed by atoms with Crippen LogP contribution in [0.15, 0.2) is 34.9 Å². The first-order valence-electron chi connectivity index (χ1n) is 10.4. The maximum Gasteiger partial charge on any atom is 0.343 e. The molecule has 3 heterocycles. The molecule has 1 atom stereocenters. The maximum atomic E-state index is 12.4. The van der Waals surface area contributed by atoms with Crippen LogP contribution in [0.5, 0.6) is 0 Å². The molecule has 0 radical (unpaired) electrons. The van der Waals surface area contributed by atoms with Gasteiger partial charge in [0.05, 0.1) is 0 Å². The van der Waals surface area contributed by atoms with E-state index in [4.69, 9.17) is 4.52 Å². The average Bonchev–Trinajstić information content (AvgIpc) is 3.48. The van der Waals surface area contributed by atoms with Crippen molar-refractivity contribution in [1.82, 2.24) is 10.1 Å². The first-order chi connectivity index (χ1) is 14.1. The lowest BCUT2D eigenvalue weighted by molar-refractivity contribution is -0.138. The van der Waals surface area contributed by atoms with Crippen LogP contribution in [0, 0.1) is 5.41 Å². The average molecular weight is 395 g/mol. The summed E-state index contributed by atoms with van der Waals surface area (Å²) in [6.45, 7) is 2.24. The van der Waals surface area contributed by atoms with Crippen LogP contribution < -0.4 is 4.90 Å². The number of likely N-dealkylation sites (tertiary alicyclic amines) is 1. The van der Waals surface area contributed by atoms with Gasteiger partial charge in [-0.25, -0.2) is 4.79 Å². The topological polar surface area (TPSA) is 86.9 Å². The molecule has 2 aromatic rings. The quantitative estimate of drug-likeness (QED) is 0.854. The molecule has 7 heteroatoms. The monoisotopic (exact) mass is 395 g/mol. The first-order valence-corrected chi connectivity index (χ1v) is 10.4. The van der Waals surface area contributed by atoms with Crippen molar-refractivity contribution in [3.8, 4) is 11.3 Å². The summed E-state index contributed by atoms with van der Waals surface area (Å²) >= 11 is 0. The molecule has 1 saturated carbocycles. The van der Waals surface area contributed by atoms with Gasteiger partial charge in [-0.3, -0.25) is 4.79 Å². The molecule has 7 nitrogen and oxygen atoms in total. The number of benzene rings is 1. The largest absolute Gasteiger partial charge is 0.477 e. The third-order valence-electron chi connectivity index (χ3n) is 6.57. The zero-order chi connectivity index (χ0) is 20.0. The normalized spacial score (nSPS) is 24.9. The van der Waals surface area contributed by atoms with Crippen molar-refractivity contribution in [2.24, 2.45) is 5.41 Å². The van der Waals surface area contributed by atoms with Crippen LogP contribution in [-0.2, 0) is 4.79 Å². The minimum atomic E-state index is -1.03. The molecule has 1 aromatic carbocycles.